The Balaban J connectivity index is 1.58. The van der Waals surface area contributed by atoms with Gasteiger partial charge in [-0.2, -0.15) is 17.9 Å². The Bertz CT molecular complexity index is 1360. The van der Waals surface area contributed by atoms with Gasteiger partial charge < -0.3 is 9.47 Å². The van der Waals surface area contributed by atoms with Gasteiger partial charge in [0.1, 0.15) is 5.82 Å². The highest BCUT2D eigenvalue weighted by Crippen LogP contribution is 2.54. The second-order valence-corrected chi connectivity index (χ2v) is 9.76. The third-order valence-corrected chi connectivity index (χ3v) is 7.72. The highest BCUT2D eigenvalue weighted by Gasteiger charge is 2.54. The van der Waals surface area contributed by atoms with Crippen LogP contribution in [0.25, 0.3) is 11.3 Å². The van der Waals surface area contributed by atoms with Crippen LogP contribution < -0.4 is 0 Å². The van der Waals surface area contributed by atoms with Gasteiger partial charge in [-0.1, -0.05) is 12.1 Å². The van der Waals surface area contributed by atoms with Gasteiger partial charge in [0.15, 0.2) is 0 Å². The average Bonchev–Trinajstić information content (AvgIpc) is 3.63. The van der Waals surface area contributed by atoms with Gasteiger partial charge in [-0.15, -0.1) is 16.9 Å². The summed E-state index contributed by atoms with van der Waals surface area (Å²) in [7, 11) is 1.33. The molecule has 3 atom stereocenters. The number of rotatable bonds is 5. The molecule has 2 heterocycles. The molecule has 37 heavy (non-hydrogen) atoms. The van der Waals surface area contributed by atoms with Gasteiger partial charge in [0.2, 0.25) is 0 Å². The van der Waals surface area contributed by atoms with Crippen LogP contribution in [0.4, 0.5) is 17.6 Å². The molecule has 1 fully saturated rings. The van der Waals surface area contributed by atoms with Crippen LogP contribution in [0, 0.1) is 11.7 Å². The third kappa shape index (κ3) is 4.52. The van der Waals surface area contributed by atoms with Gasteiger partial charge >= 0.3 is 12.1 Å². The Hall–Kier alpha value is -3.25. The first-order valence-electron chi connectivity index (χ1n) is 11.4. The lowest BCUT2D eigenvalue weighted by molar-refractivity contribution is -0.147. The standard InChI is InChI=1S/C25H22F4N4O3S/c1-35-22(34)18-9-10-24(21(18)14-3-5-16(26)6-4-14)12-15(13-36-24)19-11-17(7-8-20(19)37-2)33-23(25(27,28)29)30-31-32-33/h3-8,11-12,18,21H,9-10,13H2,1-2H3/t18-,21+,24+/m0/s1. The van der Waals surface area contributed by atoms with Crippen LogP contribution >= 0.6 is 11.8 Å². The lowest BCUT2D eigenvalue weighted by Gasteiger charge is -2.31. The van der Waals surface area contributed by atoms with E-state index >= 15 is 0 Å². The molecule has 0 amide bonds. The molecule has 1 aliphatic carbocycles. The summed E-state index contributed by atoms with van der Waals surface area (Å²) in [5.74, 6) is -2.90. The lowest BCUT2D eigenvalue weighted by Crippen LogP contribution is -2.34. The zero-order valence-corrected chi connectivity index (χ0v) is 20.6. The van der Waals surface area contributed by atoms with Crippen LogP contribution in [0.15, 0.2) is 53.4 Å². The molecule has 1 aliphatic heterocycles. The van der Waals surface area contributed by atoms with E-state index in [0.717, 1.165) is 16.0 Å². The first-order valence-corrected chi connectivity index (χ1v) is 12.6. The molecule has 1 saturated carbocycles. The van der Waals surface area contributed by atoms with E-state index < -0.39 is 35.3 Å². The van der Waals surface area contributed by atoms with Crippen molar-refractivity contribution in [3.05, 3.63) is 71.3 Å². The normalized spacial score (nSPS) is 23.5. The summed E-state index contributed by atoms with van der Waals surface area (Å²) < 4.78 is 66.0. The highest BCUT2D eigenvalue weighted by molar-refractivity contribution is 7.98. The van der Waals surface area contributed by atoms with Gasteiger partial charge in [0, 0.05) is 10.8 Å². The molecule has 2 aliphatic rings. The smallest absolute Gasteiger partial charge is 0.453 e. The van der Waals surface area contributed by atoms with E-state index in [0.29, 0.717) is 23.1 Å². The van der Waals surface area contributed by atoms with E-state index in [1.54, 1.807) is 24.3 Å². The monoisotopic (exact) mass is 534 g/mol. The molecule has 1 spiro atoms. The molecule has 5 rings (SSSR count). The molecular weight excluding hydrogens is 512 g/mol. The summed E-state index contributed by atoms with van der Waals surface area (Å²) in [6, 6.07) is 10.8. The Morgan fingerprint density at radius 1 is 1.22 bits per heavy atom. The van der Waals surface area contributed by atoms with Crippen molar-refractivity contribution in [1.82, 2.24) is 20.2 Å². The van der Waals surface area contributed by atoms with E-state index in [1.807, 2.05) is 12.3 Å². The van der Waals surface area contributed by atoms with Crippen molar-refractivity contribution in [2.75, 3.05) is 20.0 Å². The highest BCUT2D eigenvalue weighted by atomic mass is 32.2. The summed E-state index contributed by atoms with van der Waals surface area (Å²) >= 11 is 1.44. The van der Waals surface area contributed by atoms with Crippen molar-refractivity contribution in [2.24, 2.45) is 5.92 Å². The van der Waals surface area contributed by atoms with Gasteiger partial charge in [-0.3, -0.25) is 4.79 Å². The second-order valence-electron chi connectivity index (χ2n) is 8.91. The van der Waals surface area contributed by atoms with Crippen LogP contribution in [0.1, 0.15) is 35.7 Å². The summed E-state index contributed by atoms with van der Waals surface area (Å²) in [5.41, 5.74) is 1.49. The van der Waals surface area contributed by atoms with Crippen molar-refractivity contribution in [3.8, 4) is 5.69 Å². The zero-order chi connectivity index (χ0) is 26.4. The minimum absolute atomic E-state index is 0.154. The molecule has 0 N–H and O–H groups in total. The maximum atomic E-state index is 13.7. The Morgan fingerprint density at radius 2 is 1.97 bits per heavy atom. The molecule has 1 aromatic heterocycles. The molecule has 3 aromatic rings. The van der Waals surface area contributed by atoms with Crippen LogP contribution in [0.5, 0.6) is 0 Å². The molecule has 2 aromatic carbocycles. The fraction of sp³-hybridized carbons (Fsp3) is 0.360. The van der Waals surface area contributed by atoms with Crippen molar-refractivity contribution in [1.29, 1.82) is 0 Å². The van der Waals surface area contributed by atoms with E-state index in [9.17, 15) is 22.4 Å². The molecular formula is C25H22F4N4O3S. The topological polar surface area (TPSA) is 79.1 Å². The predicted octanol–water partition coefficient (Wildman–Crippen LogP) is 5.06. The van der Waals surface area contributed by atoms with Crippen LogP contribution in [-0.2, 0) is 20.4 Å². The largest absolute Gasteiger partial charge is 0.469 e. The van der Waals surface area contributed by atoms with Crippen LogP contribution in [0.2, 0.25) is 0 Å². The number of aromatic nitrogens is 4. The number of benzene rings is 2. The molecule has 0 saturated heterocycles. The summed E-state index contributed by atoms with van der Waals surface area (Å²) in [5, 5.41) is 9.88. The Labute approximate surface area is 213 Å². The van der Waals surface area contributed by atoms with Gasteiger partial charge in [-0.05, 0) is 82.6 Å². The van der Waals surface area contributed by atoms with Gasteiger partial charge in [0.05, 0.1) is 30.9 Å². The van der Waals surface area contributed by atoms with E-state index in [-0.39, 0.29) is 18.3 Å². The van der Waals surface area contributed by atoms with E-state index in [2.05, 4.69) is 15.5 Å². The molecule has 194 valence electrons. The molecule has 0 radical (unpaired) electrons. The number of hydrogen-bond acceptors (Lipinski definition) is 7. The zero-order valence-electron chi connectivity index (χ0n) is 19.8. The number of carbonyl (C=O) groups excluding carboxylic acids is 1. The minimum Gasteiger partial charge on any atom is -0.469 e. The summed E-state index contributed by atoms with van der Waals surface area (Å²) in [4.78, 5) is 13.5. The molecule has 7 nitrogen and oxygen atoms in total. The number of ether oxygens (including phenoxy) is 2. The Morgan fingerprint density at radius 3 is 2.65 bits per heavy atom. The number of tetrazole rings is 1. The number of carbonyl (C=O) groups is 1. The molecule has 0 bridgehead atoms. The van der Waals surface area contributed by atoms with Crippen molar-refractivity contribution in [3.63, 3.8) is 0 Å². The third-order valence-electron chi connectivity index (χ3n) is 6.92. The number of alkyl halides is 3. The fourth-order valence-electron chi connectivity index (χ4n) is 5.32. The number of hydrogen-bond donors (Lipinski definition) is 0. The summed E-state index contributed by atoms with van der Waals surface area (Å²) in [6.45, 7) is 0.185. The van der Waals surface area contributed by atoms with E-state index in [1.165, 1.54) is 37.1 Å². The summed E-state index contributed by atoms with van der Waals surface area (Å²) in [6.07, 6.45) is 0.127. The lowest BCUT2D eigenvalue weighted by atomic mass is 9.79. The number of nitrogens with zero attached hydrogens (tertiary/aromatic N) is 4. The number of esters is 1. The second kappa shape index (κ2) is 9.56. The number of methoxy groups -OCH3 is 1. The van der Waals surface area contributed by atoms with Gasteiger partial charge in [0.25, 0.3) is 5.82 Å². The quantitative estimate of drug-likeness (QED) is 0.257. The maximum absolute atomic E-state index is 13.7. The first kappa shape index (κ1) is 25.4. The molecule has 0 unspecified atom stereocenters. The van der Waals surface area contributed by atoms with Gasteiger partial charge in [-0.25, -0.2) is 4.39 Å². The number of thioether (sulfide) groups is 1. The SMILES string of the molecule is COC(=O)[C@H]1CC[C@@]2(C=C(c3cc(-n4nnnc4C(F)(F)F)ccc3SC)CO2)[C@@H]1c1ccc(F)cc1. The predicted molar refractivity (Wildman–Crippen MR) is 126 cm³/mol. The van der Waals surface area contributed by atoms with Crippen molar-refractivity contribution in [2.45, 2.75) is 35.4 Å². The molecule has 12 heteroatoms. The van der Waals surface area contributed by atoms with Crippen LogP contribution in [0.3, 0.4) is 0 Å². The number of halogens is 4. The Kier molecular flexibility index (Phi) is 6.57. The first-order chi connectivity index (χ1) is 17.7. The van der Waals surface area contributed by atoms with E-state index in [4.69, 9.17) is 9.47 Å². The van der Waals surface area contributed by atoms with Crippen molar-refractivity contribution < 1.29 is 31.8 Å². The maximum Gasteiger partial charge on any atom is 0.453 e. The average molecular weight is 535 g/mol. The minimum atomic E-state index is -4.73. The van der Waals surface area contributed by atoms with Crippen molar-refractivity contribution >= 4 is 23.3 Å². The van der Waals surface area contributed by atoms with Crippen LogP contribution in [-0.4, -0.2) is 51.8 Å². The fourth-order valence-corrected chi connectivity index (χ4v) is 5.93.